The van der Waals surface area contributed by atoms with Crippen LogP contribution in [0.2, 0.25) is 5.15 Å². The van der Waals surface area contributed by atoms with Crippen LogP contribution in [0.4, 0.5) is 5.82 Å². The average Bonchev–Trinajstić information content (AvgIpc) is 2.61. The van der Waals surface area contributed by atoms with Crippen molar-refractivity contribution in [2.45, 2.75) is 63.9 Å². The van der Waals surface area contributed by atoms with Crippen LogP contribution in [-0.2, 0) is 0 Å². The van der Waals surface area contributed by atoms with E-state index in [-0.39, 0.29) is 5.92 Å². The third kappa shape index (κ3) is 3.83. The van der Waals surface area contributed by atoms with Crippen molar-refractivity contribution in [3.05, 3.63) is 17.0 Å². The summed E-state index contributed by atoms with van der Waals surface area (Å²) < 4.78 is 0. The standard InChI is InChI=1S/C15H24ClN3O/c1-11(2)12-13(16)18-10-19-14(12)17-9-15(20)7-5-3-4-6-8-15/h10-11,20H,3-9H2,1-2H3,(H,17,18,19). The highest BCUT2D eigenvalue weighted by Gasteiger charge is 2.28. The Morgan fingerprint density at radius 2 is 1.90 bits per heavy atom. The van der Waals surface area contributed by atoms with Crippen molar-refractivity contribution in [2.75, 3.05) is 11.9 Å². The van der Waals surface area contributed by atoms with Gasteiger partial charge in [0.25, 0.3) is 0 Å². The maximum Gasteiger partial charge on any atom is 0.138 e. The fourth-order valence-corrected chi connectivity index (χ4v) is 3.19. The Hall–Kier alpha value is -0.870. The summed E-state index contributed by atoms with van der Waals surface area (Å²) in [5.41, 5.74) is 0.300. The lowest BCUT2D eigenvalue weighted by Crippen LogP contribution is -2.36. The molecule has 0 aliphatic heterocycles. The van der Waals surface area contributed by atoms with Gasteiger partial charge in [-0.25, -0.2) is 9.97 Å². The SMILES string of the molecule is CC(C)c1c(Cl)ncnc1NCC1(O)CCCCCC1. The highest BCUT2D eigenvalue weighted by Crippen LogP contribution is 2.30. The first-order chi connectivity index (χ1) is 9.52. The molecule has 1 aromatic rings. The van der Waals surface area contributed by atoms with Gasteiger partial charge >= 0.3 is 0 Å². The van der Waals surface area contributed by atoms with Gasteiger partial charge in [0.1, 0.15) is 17.3 Å². The molecule has 20 heavy (non-hydrogen) atoms. The summed E-state index contributed by atoms with van der Waals surface area (Å²) in [6.45, 7) is 4.66. The summed E-state index contributed by atoms with van der Waals surface area (Å²) in [6, 6.07) is 0. The summed E-state index contributed by atoms with van der Waals surface area (Å²) in [7, 11) is 0. The minimum absolute atomic E-state index is 0.245. The maximum absolute atomic E-state index is 10.7. The molecule has 112 valence electrons. The molecule has 0 saturated heterocycles. The van der Waals surface area contributed by atoms with E-state index in [1.54, 1.807) is 0 Å². The summed E-state index contributed by atoms with van der Waals surface area (Å²) in [5.74, 6) is 0.993. The number of nitrogens with one attached hydrogen (secondary N) is 1. The molecule has 0 amide bonds. The molecule has 0 bridgehead atoms. The second-order valence-electron chi connectivity index (χ2n) is 6.07. The van der Waals surface area contributed by atoms with Gasteiger partial charge in [-0.05, 0) is 18.8 Å². The normalized spacial score (nSPS) is 18.9. The van der Waals surface area contributed by atoms with E-state index >= 15 is 0 Å². The van der Waals surface area contributed by atoms with Crippen molar-refractivity contribution in [2.24, 2.45) is 0 Å². The van der Waals surface area contributed by atoms with Gasteiger partial charge in [-0.15, -0.1) is 0 Å². The van der Waals surface area contributed by atoms with Gasteiger partial charge in [0, 0.05) is 12.1 Å². The van der Waals surface area contributed by atoms with E-state index in [4.69, 9.17) is 11.6 Å². The van der Waals surface area contributed by atoms with E-state index in [0.29, 0.717) is 11.7 Å². The summed E-state index contributed by atoms with van der Waals surface area (Å²) in [6.07, 6.45) is 7.82. The summed E-state index contributed by atoms with van der Waals surface area (Å²) in [4.78, 5) is 8.32. The van der Waals surface area contributed by atoms with Gasteiger partial charge in [0.15, 0.2) is 0 Å². The monoisotopic (exact) mass is 297 g/mol. The third-order valence-corrected chi connectivity index (χ3v) is 4.33. The third-order valence-electron chi connectivity index (χ3n) is 4.03. The van der Waals surface area contributed by atoms with E-state index in [2.05, 4.69) is 29.1 Å². The number of hydrogen-bond acceptors (Lipinski definition) is 4. The van der Waals surface area contributed by atoms with Crippen LogP contribution in [0, 0.1) is 0 Å². The molecule has 0 atom stereocenters. The average molecular weight is 298 g/mol. The van der Waals surface area contributed by atoms with Crippen molar-refractivity contribution < 1.29 is 5.11 Å². The molecule has 0 radical (unpaired) electrons. The van der Waals surface area contributed by atoms with Crippen LogP contribution < -0.4 is 5.32 Å². The lowest BCUT2D eigenvalue weighted by atomic mass is 9.94. The molecule has 1 aliphatic carbocycles. The van der Waals surface area contributed by atoms with Crippen LogP contribution in [0.3, 0.4) is 0 Å². The van der Waals surface area contributed by atoms with Crippen molar-refractivity contribution in [3.8, 4) is 0 Å². The molecule has 5 heteroatoms. The number of aliphatic hydroxyl groups is 1. The highest BCUT2D eigenvalue weighted by atomic mass is 35.5. The number of rotatable bonds is 4. The van der Waals surface area contributed by atoms with Gasteiger partial charge in [-0.2, -0.15) is 0 Å². The van der Waals surface area contributed by atoms with Gasteiger partial charge in [0.05, 0.1) is 5.60 Å². The predicted octanol–water partition coefficient (Wildman–Crippen LogP) is 3.75. The molecule has 0 spiro atoms. The molecular formula is C15H24ClN3O. The lowest BCUT2D eigenvalue weighted by molar-refractivity contribution is 0.0380. The first-order valence-electron chi connectivity index (χ1n) is 7.48. The number of halogens is 1. The fourth-order valence-electron chi connectivity index (χ4n) is 2.84. The van der Waals surface area contributed by atoms with E-state index in [9.17, 15) is 5.11 Å². The van der Waals surface area contributed by atoms with Crippen molar-refractivity contribution in [1.29, 1.82) is 0 Å². The Kier molecular flexibility index (Phi) is 5.22. The fraction of sp³-hybridized carbons (Fsp3) is 0.733. The van der Waals surface area contributed by atoms with E-state index < -0.39 is 5.60 Å². The summed E-state index contributed by atoms with van der Waals surface area (Å²) in [5, 5.41) is 14.5. The van der Waals surface area contributed by atoms with E-state index in [0.717, 1.165) is 37.1 Å². The van der Waals surface area contributed by atoms with E-state index in [1.165, 1.54) is 19.2 Å². The number of anilines is 1. The van der Waals surface area contributed by atoms with Gasteiger partial charge < -0.3 is 10.4 Å². The Bertz CT molecular complexity index is 443. The minimum Gasteiger partial charge on any atom is -0.388 e. The molecule has 2 N–H and O–H groups in total. The smallest absolute Gasteiger partial charge is 0.138 e. The van der Waals surface area contributed by atoms with Crippen LogP contribution in [0.15, 0.2) is 6.33 Å². The molecule has 1 aromatic heterocycles. The molecule has 0 aromatic carbocycles. The zero-order valence-electron chi connectivity index (χ0n) is 12.3. The molecule has 1 heterocycles. The van der Waals surface area contributed by atoms with Crippen LogP contribution in [-0.4, -0.2) is 27.2 Å². The van der Waals surface area contributed by atoms with Gasteiger partial charge in [-0.3, -0.25) is 0 Å². The molecule has 1 saturated carbocycles. The van der Waals surface area contributed by atoms with Crippen LogP contribution in [0.5, 0.6) is 0 Å². The zero-order valence-corrected chi connectivity index (χ0v) is 13.1. The number of nitrogens with zero attached hydrogens (tertiary/aromatic N) is 2. The van der Waals surface area contributed by atoms with Gasteiger partial charge in [0.2, 0.25) is 0 Å². The van der Waals surface area contributed by atoms with E-state index in [1.807, 2.05) is 0 Å². The second kappa shape index (κ2) is 6.72. The van der Waals surface area contributed by atoms with Gasteiger partial charge in [-0.1, -0.05) is 51.1 Å². The molecule has 1 aliphatic rings. The minimum atomic E-state index is -0.623. The quantitative estimate of drug-likeness (QED) is 0.656. The van der Waals surface area contributed by atoms with Crippen LogP contribution in [0.1, 0.15) is 63.9 Å². The number of aromatic nitrogens is 2. The van der Waals surface area contributed by atoms with Crippen LogP contribution in [0.25, 0.3) is 0 Å². The molecular weight excluding hydrogens is 274 g/mol. The van der Waals surface area contributed by atoms with Crippen molar-refractivity contribution >= 4 is 17.4 Å². The second-order valence-corrected chi connectivity index (χ2v) is 6.43. The predicted molar refractivity (Wildman–Crippen MR) is 82.3 cm³/mol. The number of hydrogen-bond donors (Lipinski definition) is 2. The summed E-state index contributed by atoms with van der Waals surface area (Å²) >= 11 is 6.15. The molecule has 2 rings (SSSR count). The first-order valence-corrected chi connectivity index (χ1v) is 7.86. The topological polar surface area (TPSA) is 58.0 Å². The molecule has 0 unspecified atom stereocenters. The highest BCUT2D eigenvalue weighted by molar-refractivity contribution is 6.30. The first kappa shape index (κ1) is 15.5. The molecule has 1 fully saturated rings. The maximum atomic E-state index is 10.7. The molecule has 4 nitrogen and oxygen atoms in total. The lowest BCUT2D eigenvalue weighted by Gasteiger charge is -2.27. The van der Waals surface area contributed by atoms with Crippen molar-refractivity contribution in [1.82, 2.24) is 9.97 Å². The largest absolute Gasteiger partial charge is 0.388 e. The Labute approximate surface area is 126 Å². The Morgan fingerprint density at radius 3 is 2.50 bits per heavy atom. The van der Waals surface area contributed by atoms with Crippen molar-refractivity contribution in [3.63, 3.8) is 0 Å². The zero-order chi connectivity index (χ0) is 14.6. The Balaban J connectivity index is 2.08. The Morgan fingerprint density at radius 1 is 1.25 bits per heavy atom. The van der Waals surface area contributed by atoms with Crippen LogP contribution >= 0.6 is 11.6 Å².